The van der Waals surface area contributed by atoms with E-state index in [0.29, 0.717) is 0 Å². The highest BCUT2D eigenvalue weighted by atomic mass is 16.3. The summed E-state index contributed by atoms with van der Waals surface area (Å²) < 4.78 is 5.72. The first-order chi connectivity index (χ1) is 28.3. The Labute approximate surface area is 333 Å². The highest BCUT2D eigenvalue weighted by Gasteiger charge is 2.48. The first-order valence-electron chi connectivity index (χ1n) is 19.6. The second kappa shape index (κ2) is 13.4. The number of nitrogens with zero attached hydrogens (tertiary/aromatic N) is 1. The molecule has 9 aromatic rings. The van der Waals surface area contributed by atoms with Crippen LogP contribution in [0, 0.1) is 0 Å². The van der Waals surface area contributed by atoms with Gasteiger partial charge in [-0.3, -0.25) is 0 Å². The first-order valence-corrected chi connectivity index (χ1v) is 19.6. The standard InChI is InChI=1S/C55H37NO/c1-2-12-38(13-3-1)39-25-29-45(30-26-39)56(46-31-27-40(28-32-46)43-16-10-17-44(36-43)54-22-11-35-57-54)47-33-34-53-49(37-47)48-18-6-9-21-52(48)55(53)50-19-7-4-14-41(50)23-24-42-15-5-8-20-51(42)55/h1-37H. The van der Waals surface area contributed by atoms with Crippen LogP contribution in [0.5, 0.6) is 0 Å². The maximum Gasteiger partial charge on any atom is 0.133 e. The fraction of sp³-hybridized carbons (Fsp3) is 0.0182. The molecule has 2 aliphatic rings. The van der Waals surface area contributed by atoms with Crippen LogP contribution in [0.2, 0.25) is 0 Å². The second-order valence-corrected chi connectivity index (χ2v) is 14.9. The van der Waals surface area contributed by atoms with E-state index in [1.807, 2.05) is 12.1 Å². The number of benzene rings is 8. The Morgan fingerprint density at radius 3 is 1.53 bits per heavy atom. The maximum atomic E-state index is 5.72. The lowest BCUT2D eigenvalue weighted by Crippen LogP contribution is -2.29. The van der Waals surface area contributed by atoms with Crippen LogP contribution >= 0.6 is 0 Å². The first kappa shape index (κ1) is 33.0. The van der Waals surface area contributed by atoms with Gasteiger partial charge in [-0.2, -0.15) is 0 Å². The lowest BCUT2D eigenvalue weighted by atomic mass is 9.66. The molecule has 8 aromatic carbocycles. The quantitative estimate of drug-likeness (QED) is 0.170. The molecule has 268 valence electrons. The summed E-state index contributed by atoms with van der Waals surface area (Å²) in [5, 5.41) is 0. The molecule has 1 spiro atoms. The molecule has 2 nitrogen and oxygen atoms in total. The summed E-state index contributed by atoms with van der Waals surface area (Å²) in [6, 6.07) is 75.0. The normalized spacial score (nSPS) is 13.0. The Hall–Kier alpha value is -7.42. The lowest BCUT2D eigenvalue weighted by molar-refractivity contribution is 0.582. The number of furan rings is 1. The average Bonchev–Trinajstić information content (AvgIpc) is 3.89. The molecular formula is C55H37NO. The van der Waals surface area contributed by atoms with E-state index in [-0.39, 0.29) is 0 Å². The molecule has 0 aliphatic heterocycles. The molecular weight excluding hydrogens is 691 g/mol. The van der Waals surface area contributed by atoms with Crippen molar-refractivity contribution in [1.82, 2.24) is 0 Å². The van der Waals surface area contributed by atoms with Gasteiger partial charge in [0.2, 0.25) is 0 Å². The number of hydrogen-bond acceptors (Lipinski definition) is 2. The Morgan fingerprint density at radius 1 is 0.333 bits per heavy atom. The van der Waals surface area contributed by atoms with Crippen LogP contribution in [-0.4, -0.2) is 0 Å². The minimum absolute atomic E-state index is 0.463. The van der Waals surface area contributed by atoms with Gasteiger partial charge in [0.1, 0.15) is 5.76 Å². The predicted octanol–water partition coefficient (Wildman–Crippen LogP) is 14.6. The van der Waals surface area contributed by atoms with Crippen LogP contribution in [0.15, 0.2) is 217 Å². The number of rotatable bonds is 6. The fourth-order valence-electron chi connectivity index (χ4n) is 9.26. The molecule has 0 unspecified atom stereocenters. The SMILES string of the molecule is C1=Cc2ccccc2C2(c3ccccc31)c1ccccc1-c1cc(N(c3ccc(-c4ccccc4)cc3)c3ccc(-c4cccc(-c5ccco5)c4)cc3)ccc12. The summed E-state index contributed by atoms with van der Waals surface area (Å²) in [6.07, 6.45) is 6.30. The molecule has 2 aliphatic carbocycles. The maximum absolute atomic E-state index is 5.72. The Kier molecular flexibility index (Phi) is 7.75. The lowest BCUT2D eigenvalue weighted by Gasteiger charge is -2.35. The molecule has 0 amide bonds. The molecule has 1 heterocycles. The third-order valence-corrected chi connectivity index (χ3v) is 11.8. The van der Waals surface area contributed by atoms with Gasteiger partial charge in [-0.15, -0.1) is 0 Å². The van der Waals surface area contributed by atoms with Crippen molar-refractivity contribution in [2.45, 2.75) is 5.41 Å². The van der Waals surface area contributed by atoms with Gasteiger partial charge in [0.15, 0.2) is 0 Å². The molecule has 2 heteroatoms. The van der Waals surface area contributed by atoms with Gasteiger partial charge >= 0.3 is 0 Å². The van der Waals surface area contributed by atoms with Crippen molar-refractivity contribution in [3.8, 4) is 44.7 Å². The van der Waals surface area contributed by atoms with Crippen LogP contribution in [0.3, 0.4) is 0 Å². The van der Waals surface area contributed by atoms with Crippen molar-refractivity contribution in [3.63, 3.8) is 0 Å². The van der Waals surface area contributed by atoms with Crippen molar-refractivity contribution >= 4 is 29.2 Å². The summed E-state index contributed by atoms with van der Waals surface area (Å²) in [5.74, 6) is 0.866. The zero-order valence-corrected chi connectivity index (χ0v) is 31.2. The van der Waals surface area contributed by atoms with Crippen LogP contribution in [-0.2, 0) is 5.41 Å². The highest BCUT2D eigenvalue weighted by molar-refractivity contribution is 5.93. The Morgan fingerprint density at radius 2 is 0.860 bits per heavy atom. The van der Waals surface area contributed by atoms with Crippen molar-refractivity contribution in [2.24, 2.45) is 0 Å². The van der Waals surface area contributed by atoms with Gasteiger partial charge in [-0.05, 0) is 121 Å². The smallest absolute Gasteiger partial charge is 0.133 e. The molecule has 1 aromatic heterocycles. The Balaban J connectivity index is 1.08. The number of hydrogen-bond donors (Lipinski definition) is 0. The molecule has 11 rings (SSSR count). The number of anilines is 3. The van der Waals surface area contributed by atoms with Gasteiger partial charge in [0, 0.05) is 22.6 Å². The minimum Gasteiger partial charge on any atom is -0.464 e. The van der Waals surface area contributed by atoms with Crippen LogP contribution in [0.4, 0.5) is 17.1 Å². The van der Waals surface area contributed by atoms with Crippen molar-refractivity contribution in [3.05, 3.63) is 246 Å². The predicted molar refractivity (Wildman–Crippen MR) is 236 cm³/mol. The molecule has 0 atom stereocenters. The van der Waals surface area contributed by atoms with Crippen LogP contribution in [0.25, 0.3) is 56.9 Å². The van der Waals surface area contributed by atoms with E-state index in [2.05, 4.69) is 211 Å². The summed E-state index contributed by atoms with van der Waals surface area (Å²) in [5.41, 5.74) is 18.8. The molecule has 57 heavy (non-hydrogen) atoms. The average molecular weight is 728 g/mol. The van der Waals surface area contributed by atoms with Crippen molar-refractivity contribution < 1.29 is 4.42 Å². The summed E-state index contributed by atoms with van der Waals surface area (Å²) in [6.45, 7) is 0. The summed E-state index contributed by atoms with van der Waals surface area (Å²) in [4.78, 5) is 2.39. The third kappa shape index (κ3) is 5.33. The summed E-state index contributed by atoms with van der Waals surface area (Å²) >= 11 is 0. The van der Waals surface area contributed by atoms with E-state index >= 15 is 0 Å². The van der Waals surface area contributed by atoms with E-state index in [1.54, 1.807) is 6.26 Å². The van der Waals surface area contributed by atoms with Gasteiger partial charge in [-0.1, -0.05) is 164 Å². The molecule has 0 saturated heterocycles. The highest BCUT2D eigenvalue weighted by Crippen LogP contribution is 2.59. The third-order valence-electron chi connectivity index (χ3n) is 11.8. The zero-order valence-electron chi connectivity index (χ0n) is 31.2. The van der Waals surface area contributed by atoms with E-state index in [4.69, 9.17) is 4.42 Å². The van der Waals surface area contributed by atoms with Gasteiger partial charge < -0.3 is 9.32 Å². The van der Waals surface area contributed by atoms with Crippen molar-refractivity contribution in [1.29, 1.82) is 0 Å². The zero-order chi connectivity index (χ0) is 37.8. The van der Waals surface area contributed by atoms with Gasteiger partial charge in [0.25, 0.3) is 0 Å². The van der Waals surface area contributed by atoms with Gasteiger partial charge in [0.05, 0.1) is 11.7 Å². The van der Waals surface area contributed by atoms with Crippen LogP contribution < -0.4 is 4.90 Å². The van der Waals surface area contributed by atoms with E-state index in [9.17, 15) is 0 Å². The largest absolute Gasteiger partial charge is 0.464 e. The van der Waals surface area contributed by atoms with Crippen molar-refractivity contribution in [2.75, 3.05) is 4.90 Å². The fourth-order valence-corrected chi connectivity index (χ4v) is 9.26. The molecule has 0 bridgehead atoms. The monoisotopic (exact) mass is 727 g/mol. The second-order valence-electron chi connectivity index (χ2n) is 14.9. The molecule has 0 N–H and O–H groups in total. The molecule has 0 fully saturated rings. The van der Waals surface area contributed by atoms with Crippen LogP contribution in [0.1, 0.15) is 33.4 Å². The Bertz CT molecular complexity index is 2890. The summed E-state index contributed by atoms with van der Waals surface area (Å²) in [7, 11) is 0. The van der Waals surface area contributed by atoms with E-state index < -0.39 is 5.41 Å². The van der Waals surface area contributed by atoms with E-state index in [1.165, 1.54) is 55.6 Å². The molecule has 0 radical (unpaired) electrons. The number of fused-ring (bicyclic) bond motifs is 9. The topological polar surface area (TPSA) is 16.4 Å². The minimum atomic E-state index is -0.463. The molecule has 0 saturated carbocycles. The van der Waals surface area contributed by atoms with Gasteiger partial charge in [-0.25, -0.2) is 0 Å². The van der Waals surface area contributed by atoms with E-state index in [0.717, 1.165) is 39.5 Å².